The summed E-state index contributed by atoms with van der Waals surface area (Å²) in [5.74, 6) is -0.648. The number of nitro benzene ring substituents is 2. The van der Waals surface area contributed by atoms with Gasteiger partial charge in [-0.25, -0.2) is 0 Å². The van der Waals surface area contributed by atoms with Crippen LogP contribution in [0.3, 0.4) is 0 Å². The van der Waals surface area contributed by atoms with Crippen molar-refractivity contribution >= 4 is 28.7 Å². The first-order chi connectivity index (χ1) is 13.6. The van der Waals surface area contributed by atoms with Crippen LogP contribution in [0, 0.1) is 20.2 Å². The van der Waals surface area contributed by atoms with Crippen molar-refractivity contribution in [2.24, 2.45) is 0 Å². The average molecular weight is 413 g/mol. The standard InChI is InChI=1S/C16H14F3N5O5/c17-16(18,19)10-5-6-12(14(9-10)24(28)29)21-22-15(25)7-8-20-11-3-1-2-4-13(11)23(26)27/h1-6,9,20-21H,7-8H2,(H,22,25). The van der Waals surface area contributed by atoms with E-state index in [0.29, 0.717) is 12.1 Å². The van der Waals surface area contributed by atoms with Crippen LogP contribution in [0.4, 0.5) is 35.9 Å². The van der Waals surface area contributed by atoms with Gasteiger partial charge in [0, 0.05) is 25.1 Å². The van der Waals surface area contributed by atoms with Gasteiger partial charge in [-0.3, -0.25) is 35.9 Å². The normalized spacial score (nSPS) is 10.9. The average Bonchev–Trinajstić information content (AvgIpc) is 2.65. The number of nitro groups is 2. The molecule has 0 bridgehead atoms. The summed E-state index contributed by atoms with van der Waals surface area (Å²) in [5, 5.41) is 24.6. The molecule has 0 aromatic heterocycles. The minimum Gasteiger partial charge on any atom is -0.379 e. The fourth-order valence-corrected chi connectivity index (χ4v) is 2.26. The first-order valence-corrected chi connectivity index (χ1v) is 7.97. The number of alkyl halides is 3. The lowest BCUT2D eigenvalue weighted by atomic mass is 10.1. The second kappa shape index (κ2) is 8.86. The Morgan fingerprint density at radius 1 is 0.966 bits per heavy atom. The summed E-state index contributed by atoms with van der Waals surface area (Å²) < 4.78 is 38.0. The molecule has 2 aromatic rings. The highest BCUT2D eigenvalue weighted by atomic mass is 19.4. The van der Waals surface area contributed by atoms with Crippen molar-refractivity contribution in [2.75, 3.05) is 17.3 Å². The number of hydrogen-bond donors (Lipinski definition) is 3. The molecule has 0 atom stereocenters. The fraction of sp³-hybridized carbons (Fsp3) is 0.188. The van der Waals surface area contributed by atoms with Gasteiger partial charge in [0.25, 0.3) is 11.4 Å². The number of nitrogens with zero attached hydrogens (tertiary/aromatic N) is 2. The predicted octanol–water partition coefficient (Wildman–Crippen LogP) is 3.47. The molecule has 0 saturated heterocycles. The third-order valence-electron chi connectivity index (χ3n) is 3.63. The van der Waals surface area contributed by atoms with Crippen LogP contribution in [0.5, 0.6) is 0 Å². The molecule has 0 fully saturated rings. The van der Waals surface area contributed by atoms with Crippen LogP contribution in [0.1, 0.15) is 12.0 Å². The molecule has 0 aliphatic carbocycles. The molecule has 0 aliphatic heterocycles. The van der Waals surface area contributed by atoms with E-state index in [4.69, 9.17) is 0 Å². The highest BCUT2D eigenvalue weighted by molar-refractivity contribution is 5.79. The van der Waals surface area contributed by atoms with E-state index in [-0.39, 0.29) is 30.0 Å². The number of halogens is 3. The third kappa shape index (κ3) is 5.79. The number of carbonyl (C=O) groups excluding carboxylic acids is 1. The molecular formula is C16H14F3N5O5. The monoisotopic (exact) mass is 413 g/mol. The Bertz CT molecular complexity index is 935. The lowest BCUT2D eigenvalue weighted by Gasteiger charge is -2.12. The number of carbonyl (C=O) groups is 1. The maximum Gasteiger partial charge on any atom is 0.416 e. The van der Waals surface area contributed by atoms with Gasteiger partial charge in [0.15, 0.2) is 0 Å². The van der Waals surface area contributed by atoms with Gasteiger partial charge in [0.05, 0.1) is 15.4 Å². The topological polar surface area (TPSA) is 139 Å². The molecule has 0 saturated carbocycles. The zero-order valence-corrected chi connectivity index (χ0v) is 14.5. The maximum absolute atomic E-state index is 12.7. The Balaban J connectivity index is 1.94. The van der Waals surface area contributed by atoms with E-state index >= 15 is 0 Å². The Morgan fingerprint density at radius 3 is 2.24 bits per heavy atom. The lowest BCUT2D eigenvalue weighted by molar-refractivity contribution is -0.384. The smallest absolute Gasteiger partial charge is 0.379 e. The van der Waals surface area contributed by atoms with Crippen LogP contribution in [0.15, 0.2) is 42.5 Å². The number of amides is 1. The molecule has 2 rings (SSSR count). The maximum atomic E-state index is 12.7. The molecule has 0 spiro atoms. The minimum absolute atomic E-state index is 0.00741. The van der Waals surface area contributed by atoms with Crippen molar-refractivity contribution in [1.29, 1.82) is 0 Å². The van der Waals surface area contributed by atoms with Crippen molar-refractivity contribution in [1.82, 2.24) is 5.43 Å². The molecule has 154 valence electrons. The molecule has 1 amide bonds. The van der Waals surface area contributed by atoms with Crippen LogP contribution in [-0.2, 0) is 11.0 Å². The van der Waals surface area contributed by atoms with Crippen LogP contribution >= 0.6 is 0 Å². The molecule has 0 aliphatic rings. The van der Waals surface area contributed by atoms with E-state index in [1.165, 1.54) is 18.2 Å². The van der Waals surface area contributed by atoms with Gasteiger partial charge >= 0.3 is 6.18 Å². The van der Waals surface area contributed by atoms with E-state index < -0.39 is 33.2 Å². The number of nitrogens with one attached hydrogen (secondary N) is 3. The second-order valence-electron chi connectivity index (χ2n) is 5.61. The SMILES string of the molecule is O=C(CCNc1ccccc1[N+](=O)[O-])NNc1ccc(C(F)(F)F)cc1[N+](=O)[O-]. The van der Waals surface area contributed by atoms with E-state index in [1.807, 2.05) is 0 Å². The quantitative estimate of drug-likeness (QED) is 0.445. The fourth-order valence-electron chi connectivity index (χ4n) is 2.26. The van der Waals surface area contributed by atoms with Crippen LogP contribution in [0.2, 0.25) is 0 Å². The van der Waals surface area contributed by atoms with E-state index in [0.717, 1.165) is 6.07 Å². The summed E-state index contributed by atoms with van der Waals surface area (Å²) in [7, 11) is 0. The summed E-state index contributed by atoms with van der Waals surface area (Å²) in [4.78, 5) is 32.1. The summed E-state index contributed by atoms with van der Waals surface area (Å²) in [5.41, 5.74) is 1.97. The summed E-state index contributed by atoms with van der Waals surface area (Å²) in [6.45, 7) is 0.00741. The first-order valence-electron chi connectivity index (χ1n) is 7.97. The van der Waals surface area contributed by atoms with Gasteiger partial charge in [0.2, 0.25) is 5.91 Å². The zero-order chi connectivity index (χ0) is 21.6. The second-order valence-corrected chi connectivity index (χ2v) is 5.61. The molecule has 13 heteroatoms. The largest absolute Gasteiger partial charge is 0.416 e. The number of hydrazine groups is 1. The molecule has 2 aromatic carbocycles. The van der Waals surface area contributed by atoms with Crippen molar-refractivity contribution in [3.8, 4) is 0 Å². The van der Waals surface area contributed by atoms with Crippen LogP contribution in [0.25, 0.3) is 0 Å². The molecular weight excluding hydrogens is 399 g/mol. The van der Waals surface area contributed by atoms with Crippen molar-refractivity contribution < 1.29 is 27.8 Å². The van der Waals surface area contributed by atoms with Gasteiger partial charge in [-0.2, -0.15) is 13.2 Å². The highest BCUT2D eigenvalue weighted by Crippen LogP contribution is 2.34. The molecule has 10 nitrogen and oxygen atoms in total. The van der Waals surface area contributed by atoms with Crippen molar-refractivity contribution in [3.63, 3.8) is 0 Å². The molecule has 0 radical (unpaired) electrons. The van der Waals surface area contributed by atoms with Gasteiger partial charge in [-0.1, -0.05) is 12.1 Å². The summed E-state index contributed by atoms with van der Waals surface area (Å²) in [6.07, 6.45) is -4.92. The molecule has 3 N–H and O–H groups in total. The first kappa shape index (κ1) is 21.4. The number of anilines is 2. The Kier molecular flexibility index (Phi) is 6.54. The highest BCUT2D eigenvalue weighted by Gasteiger charge is 2.33. The molecule has 29 heavy (non-hydrogen) atoms. The molecule has 0 unspecified atom stereocenters. The van der Waals surface area contributed by atoms with Gasteiger partial charge in [0.1, 0.15) is 11.4 Å². The summed E-state index contributed by atoms with van der Waals surface area (Å²) >= 11 is 0. The van der Waals surface area contributed by atoms with E-state index in [2.05, 4.69) is 16.2 Å². The van der Waals surface area contributed by atoms with E-state index in [1.54, 1.807) is 6.07 Å². The van der Waals surface area contributed by atoms with Gasteiger partial charge in [-0.05, 0) is 18.2 Å². The number of hydrogen-bond acceptors (Lipinski definition) is 7. The van der Waals surface area contributed by atoms with Gasteiger partial charge < -0.3 is 5.32 Å². The van der Waals surface area contributed by atoms with Crippen molar-refractivity contribution in [2.45, 2.75) is 12.6 Å². The third-order valence-corrected chi connectivity index (χ3v) is 3.63. The zero-order valence-electron chi connectivity index (χ0n) is 14.5. The Morgan fingerprint density at radius 2 is 1.62 bits per heavy atom. The van der Waals surface area contributed by atoms with Gasteiger partial charge in [-0.15, -0.1) is 0 Å². The lowest BCUT2D eigenvalue weighted by Crippen LogP contribution is -2.31. The predicted molar refractivity (Wildman–Crippen MR) is 96.1 cm³/mol. The van der Waals surface area contributed by atoms with Crippen LogP contribution in [-0.4, -0.2) is 22.3 Å². The number of rotatable bonds is 8. The molecule has 0 heterocycles. The summed E-state index contributed by atoms with van der Waals surface area (Å²) in [6, 6.07) is 7.61. The van der Waals surface area contributed by atoms with E-state index in [9.17, 15) is 38.2 Å². The van der Waals surface area contributed by atoms with Crippen molar-refractivity contribution in [3.05, 3.63) is 68.3 Å². The number of benzene rings is 2. The number of para-hydroxylation sites is 2. The minimum atomic E-state index is -4.75. The van der Waals surface area contributed by atoms with Crippen LogP contribution < -0.4 is 16.2 Å². The Hall–Kier alpha value is -3.90. The Labute approximate surface area is 161 Å².